The Bertz CT molecular complexity index is 316. The van der Waals surface area contributed by atoms with Crippen LogP contribution in [0.2, 0.25) is 0 Å². The van der Waals surface area contributed by atoms with E-state index in [0.717, 1.165) is 31.0 Å². The molecule has 0 aliphatic heterocycles. The minimum absolute atomic E-state index is 0.916. The van der Waals surface area contributed by atoms with Crippen LogP contribution in [0.15, 0.2) is 12.1 Å². The molecule has 1 rings (SSSR count). The number of aryl methyl sites for hydroxylation is 2. The van der Waals surface area contributed by atoms with Gasteiger partial charge in [-0.2, -0.15) is 12.6 Å². The molecule has 1 aromatic carbocycles. The van der Waals surface area contributed by atoms with Crippen LogP contribution in [0.3, 0.4) is 0 Å². The van der Waals surface area contributed by atoms with Crippen LogP contribution in [0.5, 0.6) is 5.75 Å². The molecule has 0 aromatic heterocycles. The molecule has 0 aliphatic carbocycles. The van der Waals surface area contributed by atoms with Crippen LogP contribution >= 0.6 is 12.6 Å². The molecule has 3 heteroatoms. The van der Waals surface area contributed by atoms with Gasteiger partial charge >= 0.3 is 0 Å². The van der Waals surface area contributed by atoms with Crippen LogP contribution in [0.1, 0.15) is 23.1 Å². The van der Waals surface area contributed by atoms with Gasteiger partial charge in [0.25, 0.3) is 0 Å². The number of hydrogen-bond donors (Lipinski definition) is 2. The quantitative estimate of drug-likeness (QED) is 0.588. The van der Waals surface area contributed by atoms with E-state index in [1.807, 2.05) is 0 Å². The van der Waals surface area contributed by atoms with Gasteiger partial charge in [-0.25, -0.2) is 0 Å². The molecular formula is C13H21NOS. The zero-order chi connectivity index (χ0) is 12.0. The Morgan fingerprint density at radius 3 is 2.38 bits per heavy atom. The summed E-state index contributed by atoms with van der Waals surface area (Å²) in [7, 11) is 1.72. The first-order chi connectivity index (χ1) is 7.69. The van der Waals surface area contributed by atoms with E-state index >= 15 is 0 Å². The molecule has 0 unspecified atom stereocenters. The highest BCUT2D eigenvalue weighted by Crippen LogP contribution is 2.24. The number of rotatable bonds is 6. The van der Waals surface area contributed by atoms with Crippen molar-refractivity contribution in [3.8, 4) is 5.75 Å². The maximum Gasteiger partial charge on any atom is 0.124 e. The highest BCUT2D eigenvalue weighted by Gasteiger charge is 2.04. The number of ether oxygens (including phenoxy) is 1. The number of thiol groups is 1. The standard InChI is InChI=1S/C13H21NOS/c1-10-7-12(9-14-5-4-6-16)8-11(2)13(10)15-3/h7-8,14,16H,4-6,9H2,1-3H3. The van der Waals surface area contributed by atoms with Gasteiger partial charge in [-0.3, -0.25) is 0 Å². The third kappa shape index (κ3) is 3.72. The van der Waals surface area contributed by atoms with Gasteiger partial charge in [0.15, 0.2) is 0 Å². The summed E-state index contributed by atoms with van der Waals surface area (Å²) >= 11 is 4.18. The first kappa shape index (κ1) is 13.4. The highest BCUT2D eigenvalue weighted by molar-refractivity contribution is 7.80. The van der Waals surface area contributed by atoms with Gasteiger partial charge in [0.1, 0.15) is 5.75 Å². The average molecular weight is 239 g/mol. The van der Waals surface area contributed by atoms with Gasteiger partial charge in [0, 0.05) is 6.54 Å². The third-order valence-electron chi connectivity index (χ3n) is 2.57. The monoisotopic (exact) mass is 239 g/mol. The molecule has 1 N–H and O–H groups in total. The van der Waals surface area contributed by atoms with E-state index in [9.17, 15) is 0 Å². The van der Waals surface area contributed by atoms with E-state index in [0.29, 0.717) is 0 Å². The van der Waals surface area contributed by atoms with E-state index in [-0.39, 0.29) is 0 Å². The molecule has 0 heterocycles. The second-order valence-electron chi connectivity index (χ2n) is 4.02. The summed E-state index contributed by atoms with van der Waals surface area (Å²) in [4.78, 5) is 0. The SMILES string of the molecule is COc1c(C)cc(CNCCCS)cc1C. The maximum absolute atomic E-state index is 5.34. The summed E-state index contributed by atoms with van der Waals surface area (Å²) in [6.45, 7) is 6.11. The Morgan fingerprint density at radius 1 is 1.25 bits per heavy atom. The van der Waals surface area contributed by atoms with Crippen LogP contribution in [-0.4, -0.2) is 19.4 Å². The molecule has 0 saturated heterocycles. The molecule has 2 nitrogen and oxygen atoms in total. The van der Waals surface area contributed by atoms with Crippen LogP contribution in [0.4, 0.5) is 0 Å². The first-order valence-corrected chi connectivity index (χ1v) is 6.28. The lowest BCUT2D eigenvalue weighted by Crippen LogP contribution is -2.15. The minimum atomic E-state index is 0.916. The normalized spacial score (nSPS) is 10.5. The van der Waals surface area contributed by atoms with Gasteiger partial charge in [-0.1, -0.05) is 12.1 Å². The number of methoxy groups -OCH3 is 1. The van der Waals surface area contributed by atoms with Gasteiger partial charge < -0.3 is 10.1 Å². The average Bonchev–Trinajstić information content (AvgIpc) is 2.24. The molecule has 0 amide bonds. The van der Waals surface area contributed by atoms with E-state index in [4.69, 9.17) is 4.74 Å². The van der Waals surface area contributed by atoms with Gasteiger partial charge in [-0.15, -0.1) is 0 Å². The smallest absolute Gasteiger partial charge is 0.124 e. The summed E-state index contributed by atoms with van der Waals surface area (Å²) < 4.78 is 5.34. The van der Waals surface area contributed by atoms with Crippen molar-refractivity contribution >= 4 is 12.6 Å². The fourth-order valence-electron chi connectivity index (χ4n) is 1.90. The van der Waals surface area contributed by atoms with Crippen molar-refractivity contribution in [2.75, 3.05) is 19.4 Å². The Balaban J connectivity index is 2.61. The second-order valence-corrected chi connectivity index (χ2v) is 4.46. The largest absolute Gasteiger partial charge is 0.496 e. The van der Waals surface area contributed by atoms with Gasteiger partial charge in [0.2, 0.25) is 0 Å². The lowest BCUT2D eigenvalue weighted by Gasteiger charge is -2.11. The highest BCUT2D eigenvalue weighted by atomic mass is 32.1. The molecule has 0 bridgehead atoms. The summed E-state index contributed by atoms with van der Waals surface area (Å²) in [6, 6.07) is 4.36. The molecule has 1 aromatic rings. The van der Waals surface area contributed by atoms with Crippen molar-refractivity contribution in [2.45, 2.75) is 26.8 Å². The second kappa shape index (κ2) is 6.81. The van der Waals surface area contributed by atoms with E-state index in [2.05, 4.69) is 43.9 Å². The summed E-state index contributed by atoms with van der Waals surface area (Å²) in [6.07, 6.45) is 1.11. The van der Waals surface area contributed by atoms with Crippen molar-refractivity contribution in [3.63, 3.8) is 0 Å². The summed E-state index contributed by atoms with van der Waals surface area (Å²) in [5, 5.41) is 3.40. The Kier molecular flexibility index (Phi) is 5.71. The van der Waals surface area contributed by atoms with E-state index in [1.54, 1.807) is 7.11 Å². The molecule has 0 spiro atoms. The molecule has 0 aliphatic rings. The predicted molar refractivity (Wildman–Crippen MR) is 72.6 cm³/mol. The van der Waals surface area contributed by atoms with Crippen LogP contribution < -0.4 is 10.1 Å². The maximum atomic E-state index is 5.34. The van der Waals surface area contributed by atoms with Crippen molar-refractivity contribution in [1.82, 2.24) is 5.32 Å². The van der Waals surface area contributed by atoms with E-state index in [1.165, 1.54) is 16.7 Å². The fourth-order valence-corrected chi connectivity index (χ4v) is 2.06. The molecule has 16 heavy (non-hydrogen) atoms. The van der Waals surface area contributed by atoms with Gasteiger partial charge in [-0.05, 0) is 49.3 Å². The van der Waals surface area contributed by atoms with Crippen molar-refractivity contribution in [1.29, 1.82) is 0 Å². The lowest BCUT2D eigenvalue weighted by molar-refractivity contribution is 0.408. The zero-order valence-electron chi connectivity index (χ0n) is 10.3. The first-order valence-electron chi connectivity index (χ1n) is 5.64. The molecular weight excluding hydrogens is 218 g/mol. The van der Waals surface area contributed by atoms with Crippen LogP contribution in [-0.2, 0) is 6.54 Å². The zero-order valence-corrected chi connectivity index (χ0v) is 11.2. The van der Waals surface area contributed by atoms with Crippen LogP contribution in [0, 0.1) is 13.8 Å². The van der Waals surface area contributed by atoms with E-state index < -0.39 is 0 Å². The molecule has 0 fully saturated rings. The summed E-state index contributed by atoms with van der Waals surface area (Å²) in [5.41, 5.74) is 3.72. The Hall–Kier alpha value is -0.670. The molecule has 0 atom stereocenters. The van der Waals surface area contributed by atoms with Crippen molar-refractivity contribution in [2.24, 2.45) is 0 Å². The van der Waals surface area contributed by atoms with Gasteiger partial charge in [0.05, 0.1) is 7.11 Å². The topological polar surface area (TPSA) is 21.3 Å². The van der Waals surface area contributed by atoms with Crippen molar-refractivity contribution in [3.05, 3.63) is 28.8 Å². The minimum Gasteiger partial charge on any atom is -0.496 e. The Labute approximate surface area is 104 Å². The predicted octanol–water partition coefficient (Wildman–Crippen LogP) is 2.72. The number of benzene rings is 1. The molecule has 90 valence electrons. The molecule has 0 radical (unpaired) electrons. The number of nitrogens with one attached hydrogen (secondary N) is 1. The summed E-state index contributed by atoms with van der Waals surface area (Å²) in [5.74, 6) is 1.94. The Morgan fingerprint density at radius 2 is 1.88 bits per heavy atom. The fraction of sp³-hybridized carbons (Fsp3) is 0.538. The third-order valence-corrected chi connectivity index (χ3v) is 2.88. The van der Waals surface area contributed by atoms with Crippen LogP contribution in [0.25, 0.3) is 0 Å². The lowest BCUT2D eigenvalue weighted by atomic mass is 10.1. The number of hydrogen-bond acceptors (Lipinski definition) is 3. The molecule has 0 saturated carbocycles. The van der Waals surface area contributed by atoms with Crippen molar-refractivity contribution < 1.29 is 4.74 Å².